The van der Waals surface area contributed by atoms with Crippen LogP contribution in [0.2, 0.25) is 0 Å². The van der Waals surface area contributed by atoms with Gasteiger partial charge in [0.25, 0.3) is 0 Å². The van der Waals surface area contributed by atoms with Crippen molar-refractivity contribution in [3.05, 3.63) is 53.8 Å². The SMILES string of the molecule is CCOC(=O)c1cccc(NC(=O)C2C3C(=O)N(c4cc(C)on4)C[C@]34C=C[C@H]2O4)c1. The fourth-order valence-electron chi connectivity index (χ4n) is 4.64. The number of esters is 1. The fraction of sp³-hybridized carbons (Fsp3) is 0.364. The van der Waals surface area contributed by atoms with E-state index in [4.69, 9.17) is 14.0 Å². The Balaban J connectivity index is 1.38. The molecular weight excluding hydrogens is 402 g/mol. The minimum atomic E-state index is -0.858. The maximum absolute atomic E-state index is 13.3. The minimum Gasteiger partial charge on any atom is -0.462 e. The number of amides is 2. The molecule has 1 N–H and O–H groups in total. The third-order valence-corrected chi connectivity index (χ3v) is 5.94. The normalized spacial score (nSPS) is 28.1. The van der Waals surface area contributed by atoms with Crippen LogP contribution in [0.5, 0.6) is 0 Å². The topological polar surface area (TPSA) is 111 Å². The van der Waals surface area contributed by atoms with E-state index in [0.29, 0.717) is 22.8 Å². The number of carbonyl (C=O) groups excluding carboxylic acids is 3. The number of hydrogen-bond acceptors (Lipinski definition) is 7. The second-order valence-electron chi connectivity index (χ2n) is 7.91. The number of nitrogens with zero attached hydrogens (tertiary/aromatic N) is 2. The maximum Gasteiger partial charge on any atom is 0.338 e. The zero-order valence-electron chi connectivity index (χ0n) is 17.0. The number of aryl methyl sites for hydroxylation is 1. The lowest BCUT2D eigenvalue weighted by Gasteiger charge is -2.23. The van der Waals surface area contributed by atoms with Gasteiger partial charge in [0.1, 0.15) is 11.4 Å². The summed E-state index contributed by atoms with van der Waals surface area (Å²) in [4.78, 5) is 39.9. The summed E-state index contributed by atoms with van der Waals surface area (Å²) in [6.07, 6.45) is 3.22. The van der Waals surface area contributed by atoms with Gasteiger partial charge in [0.15, 0.2) is 5.82 Å². The summed E-state index contributed by atoms with van der Waals surface area (Å²) in [6, 6.07) is 8.19. The van der Waals surface area contributed by atoms with Crippen LogP contribution in [0.1, 0.15) is 23.0 Å². The third-order valence-electron chi connectivity index (χ3n) is 5.94. The van der Waals surface area contributed by atoms with E-state index in [0.717, 1.165) is 0 Å². The van der Waals surface area contributed by atoms with Crippen LogP contribution in [0.25, 0.3) is 0 Å². The number of ether oxygens (including phenoxy) is 2. The van der Waals surface area contributed by atoms with Crippen LogP contribution >= 0.6 is 0 Å². The molecular formula is C22H21N3O6. The van der Waals surface area contributed by atoms with Gasteiger partial charge in [-0.1, -0.05) is 23.4 Å². The predicted molar refractivity (Wildman–Crippen MR) is 108 cm³/mol. The molecule has 9 heteroatoms. The van der Waals surface area contributed by atoms with Crippen LogP contribution in [-0.2, 0) is 19.1 Å². The van der Waals surface area contributed by atoms with E-state index < -0.39 is 29.5 Å². The van der Waals surface area contributed by atoms with Crippen molar-refractivity contribution in [2.24, 2.45) is 11.8 Å². The molecule has 2 unspecified atom stereocenters. The van der Waals surface area contributed by atoms with Gasteiger partial charge < -0.3 is 19.3 Å². The molecule has 160 valence electrons. The van der Waals surface area contributed by atoms with E-state index in [-0.39, 0.29) is 25.0 Å². The van der Waals surface area contributed by atoms with Crippen LogP contribution in [0.3, 0.4) is 0 Å². The number of nitrogens with one attached hydrogen (secondary N) is 1. The molecule has 4 heterocycles. The Hall–Kier alpha value is -3.46. The van der Waals surface area contributed by atoms with Crippen molar-refractivity contribution in [3.63, 3.8) is 0 Å². The van der Waals surface area contributed by atoms with Crippen molar-refractivity contribution in [2.45, 2.75) is 25.6 Å². The van der Waals surface area contributed by atoms with E-state index in [1.807, 2.05) is 12.2 Å². The fourth-order valence-corrected chi connectivity index (χ4v) is 4.64. The minimum absolute atomic E-state index is 0.222. The molecule has 0 aliphatic carbocycles. The van der Waals surface area contributed by atoms with Crippen molar-refractivity contribution in [1.29, 1.82) is 0 Å². The van der Waals surface area contributed by atoms with Gasteiger partial charge in [-0.3, -0.25) is 14.5 Å². The molecule has 1 spiro atoms. The summed E-state index contributed by atoms with van der Waals surface area (Å²) in [6.45, 7) is 4.01. The molecule has 2 bridgehead atoms. The Bertz CT molecular complexity index is 1110. The number of benzene rings is 1. The Kier molecular flexibility index (Phi) is 4.44. The molecule has 31 heavy (non-hydrogen) atoms. The van der Waals surface area contributed by atoms with Gasteiger partial charge in [-0.25, -0.2) is 4.79 Å². The average molecular weight is 423 g/mol. The molecule has 1 aromatic carbocycles. The largest absolute Gasteiger partial charge is 0.462 e. The first-order chi connectivity index (χ1) is 14.9. The van der Waals surface area contributed by atoms with Crippen LogP contribution in [-0.4, -0.2) is 47.8 Å². The monoisotopic (exact) mass is 423 g/mol. The first-order valence-corrected chi connectivity index (χ1v) is 10.1. The Morgan fingerprint density at radius 1 is 1.35 bits per heavy atom. The molecule has 2 aromatic rings. The van der Waals surface area contributed by atoms with Crippen molar-refractivity contribution in [2.75, 3.05) is 23.4 Å². The van der Waals surface area contributed by atoms with Crippen molar-refractivity contribution >= 4 is 29.3 Å². The number of fused-ring (bicyclic) bond motifs is 1. The van der Waals surface area contributed by atoms with Crippen molar-refractivity contribution in [1.82, 2.24) is 5.16 Å². The lowest BCUT2D eigenvalue weighted by molar-refractivity contribution is -0.128. The Morgan fingerprint density at radius 2 is 2.19 bits per heavy atom. The number of hydrogen-bond donors (Lipinski definition) is 1. The molecule has 2 saturated heterocycles. The summed E-state index contributed by atoms with van der Waals surface area (Å²) in [5.74, 6) is -1.38. The van der Waals surface area contributed by atoms with Crippen LogP contribution in [0.15, 0.2) is 47.0 Å². The predicted octanol–water partition coefficient (Wildman–Crippen LogP) is 2.08. The molecule has 2 amide bonds. The maximum atomic E-state index is 13.3. The number of rotatable bonds is 5. The zero-order valence-corrected chi connectivity index (χ0v) is 17.0. The third kappa shape index (κ3) is 3.04. The van der Waals surface area contributed by atoms with Crippen LogP contribution < -0.4 is 10.2 Å². The van der Waals surface area contributed by atoms with E-state index in [9.17, 15) is 14.4 Å². The zero-order chi connectivity index (χ0) is 21.8. The van der Waals surface area contributed by atoms with Crippen molar-refractivity contribution < 1.29 is 28.4 Å². The van der Waals surface area contributed by atoms with Gasteiger partial charge in [0.05, 0.1) is 36.7 Å². The highest BCUT2D eigenvalue weighted by atomic mass is 16.5. The number of carbonyl (C=O) groups is 3. The molecule has 2 fully saturated rings. The van der Waals surface area contributed by atoms with E-state index in [2.05, 4.69) is 10.5 Å². The highest BCUT2D eigenvalue weighted by Gasteiger charge is 2.67. The van der Waals surface area contributed by atoms with Crippen LogP contribution in [0, 0.1) is 18.8 Å². The Morgan fingerprint density at radius 3 is 2.94 bits per heavy atom. The molecule has 3 aliphatic rings. The molecule has 0 radical (unpaired) electrons. The smallest absolute Gasteiger partial charge is 0.338 e. The second kappa shape index (κ2) is 7.05. The number of aromatic nitrogens is 1. The first kappa shape index (κ1) is 19.5. The van der Waals surface area contributed by atoms with Gasteiger partial charge in [-0.15, -0.1) is 0 Å². The van der Waals surface area contributed by atoms with Gasteiger partial charge in [-0.05, 0) is 32.0 Å². The molecule has 3 aliphatic heterocycles. The lowest BCUT2D eigenvalue weighted by Crippen LogP contribution is -2.41. The average Bonchev–Trinajstić information content (AvgIpc) is 3.49. The quantitative estimate of drug-likeness (QED) is 0.579. The summed E-state index contributed by atoms with van der Waals surface area (Å²) < 4.78 is 16.2. The van der Waals surface area contributed by atoms with Crippen LogP contribution in [0.4, 0.5) is 11.5 Å². The Labute approximate surface area is 178 Å². The lowest BCUT2D eigenvalue weighted by atomic mass is 9.76. The standard InChI is InChI=1S/C22H21N3O6/c1-3-29-21(28)13-5-4-6-14(10-13)23-19(26)17-15-7-8-22(30-15)11-25(20(27)18(17)22)16-9-12(2)31-24-16/h4-10,15,17-18H,3,11H2,1-2H3,(H,23,26)/t15-,17?,18?,22-/m1/s1. The van der Waals surface area contributed by atoms with Gasteiger partial charge in [0.2, 0.25) is 11.8 Å². The molecule has 1 aromatic heterocycles. The van der Waals surface area contributed by atoms with Gasteiger partial charge >= 0.3 is 5.97 Å². The highest BCUT2D eigenvalue weighted by Crippen LogP contribution is 2.52. The molecule has 9 nitrogen and oxygen atoms in total. The first-order valence-electron chi connectivity index (χ1n) is 10.1. The molecule has 5 rings (SSSR count). The van der Waals surface area contributed by atoms with Gasteiger partial charge in [0, 0.05) is 11.8 Å². The highest BCUT2D eigenvalue weighted by molar-refractivity contribution is 6.05. The van der Waals surface area contributed by atoms with Gasteiger partial charge in [-0.2, -0.15) is 0 Å². The second-order valence-corrected chi connectivity index (χ2v) is 7.91. The van der Waals surface area contributed by atoms with E-state index in [1.165, 1.54) is 4.90 Å². The summed E-state index contributed by atoms with van der Waals surface area (Å²) in [7, 11) is 0. The van der Waals surface area contributed by atoms with Crippen molar-refractivity contribution in [3.8, 4) is 0 Å². The summed E-state index contributed by atoms with van der Waals surface area (Å²) in [5, 5.41) is 6.77. The van der Waals surface area contributed by atoms with E-state index >= 15 is 0 Å². The van der Waals surface area contributed by atoms with E-state index in [1.54, 1.807) is 44.2 Å². The molecule has 4 atom stereocenters. The summed E-state index contributed by atoms with van der Waals surface area (Å²) in [5.41, 5.74) is -0.0702. The molecule has 0 saturated carbocycles. The number of anilines is 2. The summed E-state index contributed by atoms with van der Waals surface area (Å²) >= 11 is 0.